The summed E-state index contributed by atoms with van der Waals surface area (Å²) in [7, 11) is 0. The van der Waals surface area contributed by atoms with Gasteiger partial charge in [0.2, 0.25) is 0 Å². The molecule has 0 N–H and O–H groups in total. The van der Waals surface area contributed by atoms with Gasteiger partial charge in [-0.1, -0.05) is 33.1 Å². The Morgan fingerprint density at radius 2 is 1.82 bits per heavy atom. The molecule has 0 atom stereocenters. The van der Waals surface area contributed by atoms with E-state index in [9.17, 15) is 0 Å². The maximum Gasteiger partial charge on any atom is 1.00 e. The summed E-state index contributed by atoms with van der Waals surface area (Å²) in [6.07, 6.45) is 0. The van der Waals surface area contributed by atoms with Crippen molar-refractivity contribution in [1.82, 2.24) is 0 Å². The van der Waals surface area contributed by atoms with Crippen LogP contribution in [0, 0.1) is 6.92 Å². The van der Waals surface area contributed by atoms with E-state index in [0.717, 1.165) is 0 Å². The van der Waals surface area contributed by atoms with E-state index < -0.39 is 0 Å². The molecule has 0 nitrogen and oxygen atoms in total. The Hall–Kier alpha value is -0.0526. The summed E-state index contributed by atoms with van der Waals surface area (Å²) in [5.74, 6) is 0. The van der Waals surface area contributed by atoms with Crippen molar-refractivity contribution in [2.75, 3.05) is 0 Å². The molecule has 0 aliphatic carbocycles. The Bertz CT molecular complexity index is 215. The Morgan fingerprint density at radius 1 is 1.27 bits per heavy atom. The normalized spacial score (nSPS) is 10.9. The molecule has 56 valence electrons. The van der Waals surface area contributed by atoms with E-state index in [-0.39, 0.29) is 18.9 Å². The largest absolute Gasteiger partial charge is 1.00 e. The molecule has 1 aromatic rings. The summed E-state index contributed by atoms with van der Waals surface area (Å²) in [6, 6.07) is 6.62. The van der Waals surface area contributed by atoms with Gasteiger partial charge in [-0.3, -0.25) is 0 Å². The van der Waals surface area contributed by atoms with E-state index in [4.69, 9.17) is 0 Å². The van der Waals surface area contributed by atoms with Gasteiger partial charge in [0.25, 0.3) is 0 Å². The molecular weight excluding hydrogens is 127 g/mol. The predicted molar refractivity (Wildman–Crippen MR) is 45.5 cm³/mol. The van der Waals surface area contributed by atoms with E-state index in [1.807, 2.05) is 0 Å². The Labute approximate surface area is 81.5 Å². The Morgan fingerprint density at radius 3 is 2.00 bits per heavy atom. The monoisotopic (exact) mass is 142 g/mol. The number of hydrogen-bond acceptors (Lipinski definition) is 0. The summed E-state index contributed by atoms with van der Waals surface area (Å²) >= 11 is 0. The molecule has 0 aliphatic heterocycles. The molecule has 0 radical (unpaired) electrons. The zero-order valence-corrected chi connectivity index (χ0v) is 8.23. The van der Waals surface area contributed by atoms with Crippen molar-refractivity contribution < 1.29 is 18.9 Å². The van der Waals surface area contributed by atoms with Gasteiger partial charge in [0.05, 0.1) is 0 Å². The Kier molecular flexibility index (Phi) is 3.55. The van der Waals surface area contributed by atoms with Gasteiger partial charge in [0, 0.05) is 0 Å². The van der Waals surface area contributed by atoms with E-state index in [0.29, 0.717) is 5.41 Å². The number of rotatable bonds is 0. The zero-order chi connectivity index (χ0) is 7.78. The average Bonchev–Trinajstić information content (AvgIpc) is 2.11. The molecule has 0 saturated carbocycles. The first kappa shape index (κ1) is 10.9. The summed E-state index contributed by atoms with van der Waals surface area (Å²) in [4.78, 5) is 0. The van der Waals surface area contributed by atoms with Gasteiger partial charge >= 0.3 is 18.9 Å². The molecular formula is C10H15Li. The first-order valence-corrected chi connectivity index (χ1v) is 3.74. The van der Waals surface area contributed by atoms with Crippen molar-refractivity contribution in [3.8, 4) is 0 Å². The molecule has 0 bridgehead atoms. The molecule has 0 saturated heterocycles. The minimum absolute atomic E-state index is 0. The standard InChI is InChI=1S/C10H15.Li/c1-8-5-6-9(7-8)10(2,3)4;/h5-7H,1-4H3;/q-1;+1. The molecule has 0 fully saturated rings. The van der Waals surface area contributed by atoms with Crippen molar-refractivity contribution >= 4 is 0 Å². The molecule has 0 aromatic heterocycles. The third kappa shape index (κ3) is 2.81. The second-order valence-electron chi connectivity index (χ2n) is 3.93. The van der Waals surface area contributed by atoms with Crippen molar-refractivity contribution in [3.63, 3.8) is 0 Å². The Balaban J connectivity index is 0.000001000. The van der Waals surface area contributed by atoms with E-state index in [1.54, 1.807) is 0 Å². The SMILES string of the molecule is C[c-]1ccc(C(C)(C)C)c1.[Li+]. The van der Waals surface area contributed by atoms with Crippen molar-refractivity contribution in [2.24, 2.45) is 0 Å². The second-order valence-corrected chi connectivity index (χ2v) is 3.93. The molecule has 1 aromatic carbocycles. The molecule has 0 aliphatic rings. The van der Waals surface area contributed by atoms with Crippen LogP contribution in [0.3, 0.4) is 0 Å². The van der Waals surface area contributed by atoms with Crippen LogP contribution >= 0.6 is 0 Å². The number of aryl methyl sites for hydroxylation is 1. The summed E-state index contributed by atoms with van der Waals surface area (Å²) in [5, 5.41) is 0. The minimum atomic E-state index is 0. The van der Waals surface area contributed by atoms with Crippen LogP contribution in [-0.4, -0.2) is 0 Å². The van der Waals surface area contributed by atoms with Crippen LogP contribution < -0.4 is 18.9 Å². The molecule has 0 amide bonds. The van der Waals surface area contributed by atoms with Gasteiger partial charge in [-0.2, -0.15) is 23.3 Å². The molecule has 1 rings (SSSR count). The van der Waals surface area contributed by atoms with Crippen LogP contribution in [0.1, 0.15) is 31.9 Å². The summed E-state index contributed by atoms with van der Waals surface area (Å²) < 4.78 is 0. The van der Waals surface area contributed by atoms with Gasteiger partial charge in [0.15, 0.2) is 0 Å². The smallest absolute Gasteiger partial charge is 0.210 e. The summed E-state index contributed by atoms with van der Waals surface area (Å²) in [6.45, 7) is 8.85. The van der Waals surface area contributed by atoms with E-state index in [2.05, 4.69) is 45.9 Å². The maximum atomic E-state index is 2.25. The van der Waals surface area contributed by atoms with Crippen LogP contribution in [0.15, 0.2) is 18.2 Å². The fourth-order valence-electron chi connectivity index (χ4n) is 1.03. The molecule has 0 unspecified atom stereocenters. The average molecular weight is 142 g/mol. The van der Waals surface area contributed by atoms with Gasteiger partial charge < -0.3 is 0 Å². The first-order valence-electron chi connectivity index (χ1n) is 3.74. The van der Waals surface area contributed by atoms with Crippen LogP contribution in [0.2, 0.25) is 0 Å². The van der Waals surface area contributed by atoms with Gasteiger partial charge in [-0.15, -0.1) is 0 Å². The maximum absolute atomic E-state index is 2.25. The van der Waals surface area contributed by atoms with Crippen molar-refractivity contribution in [2.45, 2.75) is 33.1 Å². The van der Waals surface area contributed by atoms with Crippen molar-refractivity contribution in [3.05, 3.63) is 29.3 Å². The van der Waals surface area contributed by atoms with E-state index in [1.165, 1.54) is 11.1 Å². The third-order valence-corrected chi connectivity index (χ3v) is 1.77. The quantitative estimate of drug-likeness (QED) is 0.354. The second kappa shape index (κ2) is 3.56. The number of hydrogen-bond donors (Lipinski definition) is 0. The van der Waals surface area contributed by atoms with Gasteiger partial charge in [-0.05, 0) is 0 Å². The topological polar surface area (TPSA) is 0 Å². The molecule has 0 heterocycles. The minimum Gasteiger partial charge on any atom is -0.210 e. The predicted octanol–water partition coefficient (Wildman–Crippen LogP) is 0.0154. The van der Waals surface area contributed by atoms with Crippen molar-refractivity contribution in [1.29, 1.82) is 0 Å². The van der Waals surface area contributed by atoms with Gasteiger partial charge in [-0.25, -0.2) is 6.07 Å². The third-order valence-electron chi connectivity index (χ3n) is 1.77. The zero-order valence-electron chi connectivity index (χ0n) is 8.23. The van der Waals surface area contributed by atoms with Crippen LogP contribution in [0.5, 0.6) is 0 Å². The van der Waals surface area contributed by atoms with Crippen LogP contribution in [0.25, 0.3) is 0 Å². The first-order chi connectivity index (χ1) is 4.50. The molecule has 11 heavy (non-hydrogen) atoms. The summed E-state index contributed by atoms with van der Waals surface area (Å²) in [5.41, 5.74) is 3.11. The fraction of sp³-hybridized carbons (Fsp3) is 0.500. The van der Waals surface area contributed by atoms with Crippen LogP contribution in [-0.2, 0) is 5.41 Å². The van der Waals surface area contributed by atoms with E-state index >= 15 is 0 Å². The molecule has 1 heteroatoms. The molecule has 0 spiro atoms. The van der Waals surface area contributed by atoms with Crippen LogP contribution in [0.4, 0.5) is 0 Å². The van der Waals surface area contributed by atoms with Gasteiger partial charge in [0.1, 0.15) is 0 Å². The fourth-order valence-corrected chi connectivity index (χ4v) is 1.03.